The van der Waals surface area contributed by atoms with Crippen LogP contribution in [0.15, 0.2) is 97.1 Å². The summed E-state index contributed by atoms with van der Waals surface area (Å²) in [6, 6.07) is 32.8. The van der Waals surface area contributed by atoms with E-state index < -0.39 is 22.6 Å². The second kappa shape index (κ2) is 10.8. The fraction of sp³-hybridized carbons (Fsp3) is 0.333. The van der Waals surface area contributed by atoms with Gasteiger partial charge in [0.2, 0.25) is 0 Å². The third-order valence-corrected chi connectivity index (χ3v) is 71.1. The van der Waals surface area contributed by atoms with Gasteiger partial charge in [0.1, 0.15) is 0 Å². The van der Waals surface area contributed by atoms with Gasteiger partial charge in [-0.05, 0) is 0 Å². The maximum atomic E-state index is 2.81. The summed E-state index contributed by atoms with van der Waals surface area (Å²) in [7, 11) is 0. The Morgan fingerprint density at radius 1 is 0.523 bits per heavy atom. The molecule has 0 saturated heterocycles. The number of hydrogen-bond donors (Lipinski definition) is 0. The minimum absolute atomic E-state index is 0.162. The van der Waals surface area contributed by atoms with Gasteiger partial charge in [-0.15, -0.1) is 0 Å². The monoisotopic (exact) mass is 762 g/mol. The Hall–Kier alpha value is -2.55. The first-order valence-corrected chi connectivity index (χ1v) is 35.7. The zero-order valence-corrected chi connectivity index (χ0v) is 33.1. The van der Waals surface area contributed by atoms with Crippen LogP contribution >= 0.6 is 0 Å². The van der Waals surface area contributed by atoms with Crippen molar-refractivity contribution < 1.29 is 17.1 Å². The van der Waals surface area contributed by atoms with E-state index in [4.69, 9.17) is 0 Å². The molecule has 4 aromatic carbocycles. The van der Waals surface area contributed by atoms with Gasteiger partial charge in [0.15, 0.2) is 0 Å². The van der Waals surface area contributed by atoms with Gasteiger partial charge >= 0.3 is 270 Å². The molecule has 0 spiro atoms. The molecule has 0 radical (unpaired) electrons. The Bertz CT molecular complexity index is 1740. The van der Waals surface area contributed by atoms with Crippen molar-refractivity contribution in [1.82, 2.24) is 0 Å². The fourth-order valence-electron chi connectivity index (χ4n) is 7.84. The molecule has 2 atom stereocenters. The van der Waals surface area contributed by atoms with Gasteiger partial charge in [-0.25, -0.2) is 0 Å². The summed E-state index contributed by atoms with van der Waals surface area (Å²) in [6.45, 7) is 19.0. The SMILES string of the molecule is C[Si](C)=[Hf]([CH3])([CH3])([CH]1C=Cc2c(-c3ccc(C(C)(C)C)cc3)cccc21)[CH]1C=Cc2c(-c3ccc(C(C)(C)C)cc3)cccc21. The minimum atomic E-state index is -3.72. The third kappa shape index (κ3) is 5.05. The summed E-state index contributed by atoms with van der Waals surface area (Å²) < 4.78 is 6.73. The van der Waals surface area contributed by atoms with E-state index in [-0.39, 0.29) is 10.8 Å². The molecule has 6 rings (SSSR count). The van der Waals surface area contributed by atoms with Crippen LogP contribution in [0.1, 0.15) is 82.3 Å². The number of rotatable bonds is 4. The summed E-state index contributed by atoms with van der Waals surface area (Å²) in [6.07, 6.45) is 10.2. The van der Waals surface area contributed by atoms with Crippen LogP contribution in [0.3, 0.4) is 0 Å². The standard InChI is InChI=1S/2C19H19.C2H6Si.2CH3.Hf/c2*1-19(2,3)16-12-10-15(11-13-16)18-9-5-7-14-6-4-8-17(14)18;1-3-2;;;/h2*4-13H,1-3H3;1-2H3;2*1H3;. The van der Waals surface area contributed by atoms with E-state index in [1.807, 2.05) is 0 Å². The Morgan fingerprint density at radius 2 is 0.886 bits per heavy atom. The molecule has 0 saturated carbocycles. The maximum absolute atomic E-state index is 3.72. The van der Waals surface area contributed by atoms with Crippen LogP contribution in [0, 0.1) is 0 Å². The fourth-order valence-corrected chi connectivity index (χ4v) is 41.6. The molecule has 0 nitrogen and oxygen atoms in total. The van der Waals surface area contributed by atoms with E-state index in [1.165, 1.54) is 44.5 Å². The molecule has 0 N–H and O–H groups in total. The van der Waals surface area contributed by atoms with Crippen molar-refractivity contribution in [3.63, 3.8) is 0 Å². The van der Waals surface area contributed by atoms with E-state index in [2.05, 4.69) is 173 Å². The Labute approximate surface area is 268 Å². The molecule has 0 aliphatic heterocycles. The second-order valence-corrected chi connectivity index (χ2v) is 65.5. The Kier molecular flexibility index (Phi) is 7.69. The van der Waals surface area contributed by atoms with Gasteiger partial charge in [-0.3, -0.25) is 0 Å². The normalized spacial score (nSPS) is 18.0. The van der Waals surface area contributed by atoms with E-state index in [0.29, 0.717) is 7.35 Å². The Morgan fingerprint density at radius 3 is 1.20 bits per heavy atom. The van der Waals surface area contributed by atoms with Gasteiger partial charge in [-0.2, -0.15) is 0 Å². The molecule has 0 amide bonds. The summed E-state index contributed by atoms with van der Waals surface area (Å²) in [4.78, 5) is 0. The van der Waals surface area contributed by atoms with Crippen LogP contribution in [0.5, 0.6) is 0 Å². The predicted molar refractivity (Wildman–Crippen MR) is 194 cm³/mol. The Balaban J connectivity index is 1.43. The zero-order chi connectivity index (χ0) is 31.7. The van der Waals surface area contributed by atoms with Gasteiger partial charge in [0.05, 0.1) is 0 Å². The van der Waals surface area contributed by atoms with E-state index >= 15 is 0 Å². The molecular formula is C42H50HfSi. The van der Waals surface area contributed by atoms with E-state index in [1.54, 1.807) is 11.1 Å². The van der Waals surface area contributed by atoms with Gasteiger partial charge in [0, 0.05) is 0 Å². The average molecular weight is 761 g/mol. The molecule has 2 heteroatoms. The molecule has 226 valence electrons. The molecule has 4 aromatic rings. The van der Waals surface area contributed by atoms with Gasteiger partial charge < -0.3 is 0 Å². The van der Waals surface area contributed by atoms with Crippen LogP contribution < -0.4 is 0 Å². The second-order valence-electron chi connectivity index (χ2n) is 16.6. The van der Waals surface area contributed by atoms with Crippen molar-refractivity contribution in [1.29, 1.82) is 0 Å². The predicted octanol–water partition coefficient (Wildman–Crippen LogP) is 12.5. The zero-order valence-electron chi connectivity index (χ0n) is 28.5. The third-order valence-electron chi connectivity index (χ3n) is 11.5. The molecule has 0 heterocycles. The summed E-state index contributed by atoms with van der Waals surface area (Å²) in [5.74, 6) is 0. The topological polar surface area (TPSA) is 0 Å². The van der Waals surface area contributed by atoms with E-state index in [0.717, 1.165) is 0 Å². The average Bonchev–Trinajstić information content (AvgIpc) is 3.62. The number of hydrogen-bond acceptors (Lipinski definition) is 0. The summed E-state index contributed by atoms with van der Waals surface area (Å²) >= 11 is -3.72. The van der Waals surface area contributed by atoms with Gasteiger partial charge in [0.25, 0.3) is 0 Å². The van der Waals surface area contributed by atoms with Crippen LogP contribution in [0.2, 0.25) is 22.5 Å². The van der Waals surface area contributed by atoms with Crippen molar-refractivity contribution in [3.8, 4) is 22.3 Å². The number of benzene rings is 4. The molecule has 0 aromatic heterocycles. The van der Waals surface area contributed by atoms with Crippen molar-refractivity contribution in [2.45, 2.75) is 82.2 Å². The van der Waals surface area contributed by atoms with E-state index in [9.17, 15) is 0 Å². The van der Waals surface area contributed by atoms with Crippen molar-refractivity contribution in [2.24, 2.45) is 0 Å². The van der Waals surface area contributed by atoms with Gasteiger partial charge in [-0.1, -0.05) is 0 Å². The first-order valence-electron chi connectivity index (χ1n) is 16.4. The molecular weight excluding hydrogens is 711 g/mol. The molecule has 2 aliphatic rings. The van der Waals surface area contributed by atoms with Crippen molar-refractivity contribution in [3.05, 3.63) is 130 Å². The van der Waals surface area contributed by atoms with Crippen LogP contribution in [-0.2, 0) is 28.0 Å². The van der Waals surface area contributed by atoms with Crippen LogP contribution in [-0.4, -0.2) is 5.49 Å². The molecule has 0 fully saturated rings. The molecule has 0 bridgehead atoms. The van der Waals surface area contributed by atoms with Crippen LogP contribution in [0.4, 0.5) is 0 Å². The molecule has 2 unspecified atom stereocenters. The summed E-state index contributed by atoms with van der Waals surface area (Å²) in [5, 5.41) is 0. The first-order chi connectivity index (χ1) is 20.6. The van der Waals surface area contributed by atoms with Crippen molar-refractivity contribution in [2.75, 3.05) is 0 Å². The first kappa shape index (κ1) is 31.4. The number of fused-ring (bicyclic) bond motifs is 2. The summed E-state index contributed by atoms with van der Waals surface area (Å²) in [5.41, 5.74) is 14.0. The molecule has 44 heavy (non-hydrogen) atoms. The van der Waals surface area contributed by atoms with Crippen LogP contribution in [0.25, 0.3) is 34.4 Å². The number of allylic oxidation sites excluding steroid dienone is 2. The van der Waals surface area contributed by atoms with Crippen molar-refractivity contribution >= 4 is 17.6 Å². The quantitative estimate of drug-likeness (QED) is 0.182. The molecule has 2 aliphatic carbocycles.